The van der Waals surface area contributed by atoms with Crippen LogP contribution in [0.2, 0.25) is 0 Å². The zero-order valence-electron chi connectivity index (χ0n) is 8.36. The van der Waals surface area contributed by atoms with Crippen LogP contribution in [-0.2, 0) is 0 Å². The summed E-state index contributed by atoms with van der Waals surface area (Å²) in [6.45, 7) is 11.7. The number of unbranched alkanes of at least 4 members (excludes halogenated alkanes) is 4. The van der Waals surface area contributed by atoms with E-state index >= 15 is 0 Å². The van der Waals surface area contributed by atoms with E-state index in [1.165, 1.54) is 25.7 Å². The van der Waals surface area contributed by atoms with Crippen LogP contribution in [0.4, 0.5) is 0 Å². The van der Waals surface area contributed by atoms with Gasteiger partial charge in [0.05, 0.1) is 0 Å². The zero-order chi connectivity index (χ0) is 8.24. The first-order chi connectivity index (χ1) is 4.83. The predicted molar refractivity (Wildman–Crippen MR) is 55.5 cm³/mol. The molecule has 0 rings (SSSR count). The standard InChI is InChI=1S/2C5H11.Ba/c2*1-3-5-4-2;/h2*1,3-5H2,2H3;/q2*-1;+2. The molecule has 0 bridgehead atoms. The second-order valence-corrected chi connectivity index (χ2v) is 2.41. The first-order valence-electron chi connectivity index (χ1n) is 4.41. The number of hydrogen-bond donors (Lipinski definition) is 0. The van der Waals surface area contributed by atoms with Crippen LogP contribution in [0.25, 0.3) is 0 Å². The molecule has 0 nitrogen and oxygen atoms in total. The van der Waals surface area contributed by atoms with Crippen molar-refractivity contribution in [1.29, 1.82) is 0 Å². The van der Waals surface area contributed by atoms with E-state index in [1.54, 1.807) is 0 Å². The van der Waals surface area contributed by atoms with Gasteiger partial charge in [0.25, 0.3) is 0 Å². The average molecular weight is 280 g/mol. The fourth-order valence-corrected chi connectivity index (χ4v) is 0.500. The molecule has 0 atom stereocenters. The molecule has 0 saturated carbocycles. The van der Waals surface area contributed by atoms with Crippen LogP contribution in [0.15, 0.2) is 0 Å². The quantitative estimate of drug-likeness (QED) is 0.544. The fraction of sp³-hybridized carbons (Fsp3) is 0.800. The molecule has 0 amide bonds. The van der Waals surface area contributed by atoms with Crippen molar-refractivity contribution in [2.75, 3.05) is 0 Å². The maximum Gasteiger partial charge on any atom is 2.00 e. The minimum absolute atomic E-state index is 0. The first-order valence-corrected chi connectivity index (χ1v) is 4.41. The van der Waals surface area contributed by atoms with E-state index in [0.29, 0.717) is 0 Å². The van der Waals surface area contributed by atoms with Crippen LogP contribution in [0.3, 0.4) is 0 Å². The van der Waals surface area contributed by atoms with Crippen molar-refractivity contribution in [3.05, 3.63) is 13.8 Å². The van der Waals surface area contributed by atoms with Crippen LogP contribution >= 0.6 is 0 Å². The molecular weight excluding hydrogens is 257 g/mol. The maximum atomic E-state index is 3.68. The SMILES string of the molecule is [Ba+2].[CH2-]CCCC.[CH2-]CCCC. The normalized spacial score (nSPS) is 7.64. The van der Waals surface area contributed by atoms with Crippen molar-refractivity contribution >= 4 is 48.9 Å². The molecule has 0 saturated heterocycles. The summed E-state index contributed by atoms with van der Waals surface area (Å²) >= 11 is 0. The summed E-state index contributed by atoms with van der Waals surface area (Å²) in [7, 11) is 0. The first kappa shape index (κ1) is 18.4. The molecule has 0 heterocycles. The topological polar surface area (TPSA) is 0 Å². The Morgan fingerprint density at radius 2 is 1.09 bits per heavy atom. The Balaban J connectivity index is -0.000000107. The van der Waals surface area contributed by atoms with Crippen molar-refractivity contribution < 1.29 is 0 Å². The molecule has 0 aromatic rings. The molecule has 1 heteroatoms. The van der Waals surface area contributed by atoms with Gasteiger partial charge in [-0.2, -0.15) is 12.8 Å². The van der Waals surface area contributed by atoms with Crippen molar-refractivity contribution in [2.24, 2.45) is 0 Å². The third kappa shape index (κ3) is 34.2. The van der Waals surface area contributed by atoms with Gasteiger partial charge in [-0.25, -0.2) is 0 Å². The van der Waals surface area contributed by atoms with Gasteiger partial charge in [0.15, 0.2) is 0 Å². The molecule has 64 valence electrons. The summed E-state index contributed by atoms with van der Waals surface area (Å²) in [6.07, 6.45) is 7.31. The van der Waals surface area contributed by atoms with E-state index in [0.717, 1.165) is 12.8 Å². The Labute approximate surface area is 114 Å². The van der Waals surface area contributed by atoms with Crippen molar-refractivity contribution in [2.45, 2.75) is 52.4 Å². The van der Waals surface area contributed by atoms with Gasteiger partial charge < -0.3 is 13.8 Å². The van der Waals surface area contributed by atoms with Crippen LogP contribution < -0.4 is 0 Å². The van der Waals surface area contributed by atoms with E-state index in [4.69, 9.17) is 0 Å². The smallest absolute Gasteiger partial charge is 0.343 e. The summed E-state index contributed by atoms with van der Waals surface area (Å²) < 4.78 is 0. The van der Waals surface area contributed by atoms with Gasteiger partial charge in [-0.1, -0.05) is 39.5 Å². The minimum atomic E-state index is 0. The van der Waals surface area contributed by atoms with Crippen molar-refractivity contribution in [3.63, 3.8) is 0 Å². The number of hydrogen-bond acceptors (Lipinski definition) is 0. The van der Waals surface area contributed by atoms with Crippen LogP contribution in [0.1, 0.15) is 52.4 Å². The largest absolute Gasteiger partial charge is 2.00 e. The van der Waals surface area contributed by atoms with Crippen molar-refractivity contribution in [3.8, 4) is 0 Å². The summed E-state index contributed by atoms with van der Waals surface area (Å²) in [4.78, 5) is 0. The molecule has 0 aromatic carbocycles. The van der Waals surface area contributed by atoms with Crippen molar-refractivity contribution in [1.82, 2.24) is 0 Å². The summed E-state index contributed by atoms with van der Waals surface area (Å²) in [5, 5.41) is 0. The zero-order valence-corrected chi connectivity index (χ0v) is 12.8. The van der Waals surface area contributed by atoms with Crippen LogP contribution in [0.5, 0.6) is 0 Å². The van der Waals surface area contributed by atoms with Crippen LogP contribution in [0, 0.1) is 13.8 Å². The minimum Gasteiger partial charge on any atom is -0.343 e. The fourth-order valence-electron chi connectivity index (χ4n) is 0.500. The van der Waals surface area contributed by atoms with E-state index < -0.39 is 0 Å². The van der Waals surface area contributed by atoms with E-state index in [-0.39, 0.29) is 48.9 Å². The molecule has 11 heavy (non-hydrogen) atoms. The monoisotopic (exact) mass is 280 g/mol. The average Bonchev–Trinajstić information content (AvgIpc) is 1.93. The van der Waals surface area contributed by atoms with Gasteiger partial charge in [-0.15, -0.1) is 0 Å². The Kier molecular flexibility index (Phi) is 37.7. The second kappa shape index (κ2) is 22.6. The Morgan fingerprint density at radius 1 is 0.818 bits per heavy atom. The molecule has 0 aliphatic rings. The van der Waals surface area contributed by atoms with Gasteiger partial charge in [-0.3, -0.25) is 0 Å². The second-order valence-electron chi connectivity index (χ2n) is 2.41. The molecule has 0 unspecified atom stereocenters. The summed E-state index contributed by atoms with van der Waals surface area (Å²) in [5.41, 5.74) is 0. The Bertz CT molecular complexity index is 25.9. The van der Waals surface area contributed by atoms with E-state index in [2.05, 4.69) is 27.7 Å². The summed E-state index contributed by atoms with van der Waals surface area (Å²) in [6, 6.07) is 0. The molecule has 0 aliphatic heterocycles. The van der Waals surface area contributed by atoms with E-state index in [9.17, 15) is 0 Å². The summed E-state index contributed by atoms with van der Waals surface area (Å²) in [5.74, 6) is 0. The third-order valence-corrected chi connectivity index (χ3v) is 1.21. The van der Waals surface area contributed by atoms with Crippen LogP contribution in [-0.4, -0.2) is 48.9 Å². The van der Waals surface area contributed by atoms with Gasteiger partial charge in [0, 0.05) is 0 Å². The van der Waals surface area contributed by atoms with Gasteiger partial charge in [0.1, 0.15) is 0 Å². The van der Waals surface area contributed by atoms with Gasteiger partial charge in [0.2, 0.25) is 0 Å². The predicted octanol–water partition coefficient (Wildman–Crippen LogP) is 3.64. The molecule has 0 spiro atoms. The number of rotatable bonds is 4. The molecule has 0 fully saturated rings. The Morgan fingerprint density at radius 3 is 1.09 bits per heavy atom. The third-order valence-electron chi connectivity index (χ3n) is 1.21. The maximum absolute atomic E-state index is 3.68. The molecule has 0 aliphatic carbocycles. The molecular formula is C10H22Ba. The molecule has 0 N–H and O–H groups in total. The molecule has 0 aromatic heterocycles. The van der Waals surface area contributed by atoms with E-state index in [1.807, 2.05) is 0 Å². The Hall–Kier alpha value is 1.57. The van der Waals surface area contributed by atoms with Gasteiger partial charge >= 0.3 is 48.9 Å². The molecule has 0 radical (unpaired) electrons. The van der Waals surface area contributed by atoms with Gasteiger partial charge in [-0.05, 0) is 0 Å².